The van der Waals surface area contributed by atoms with E-state index in [-0.39, 0.29) is 5.82 Å². The van der Waals surface area contributed by atoms with E-state index in [1.807, 2.05) is 12.3 Å². The molecule has 6 nitrogen and oxygen atoms in total. The summed E-state index contributed by atoms with van der Waals surface area (Å²) in [5.41, 5.74) is 4.49. The van der Waals surface area contributed by atoms with Crippen molar-refractivity contribution < 1.29 is 13.9 Å². The van der Waals surface area contributed by atoms with Crippen molar-refractivity contribution in [2.24, 2.45) is 4.99 Å². The Kier molecular flexibility index (Phi) is 5.79. The van der Waals surface area contributed by atoms with Gasteiger partial charge in [0.05, 0.1) is 14.2 Å². The normalized spacial score (nSPS) is 14.0. The fraction of sp³-hybridized carbons (Fsp3) is 0.348. The van der Waals surface area contributed by atoms with Gasteiger partial charge in [0.1, 0.15) is 5.82 Å². The lowest BCUT2D eigenvalue weighted by atomic mass is 9.99. The smallest absolute Gasteiger partial charge is 0.193 e. The highest BCUT2D eigenvalue weighted by Crippen LogP contribution is 2.33. The van der Waals surface area contributed by atoms with Gasteiger partial charge in [0.2, 0.25) is 0 Å². The lowest BCUT2D eigenvalue weighted by Gasteiger charge is -2.32. The van der Waals surface area contributed by atoms with E-state index in [1.54, 1.807) is 21.3 Å². The van der Waals surface area contributed by atoms with E-state index in [2.05, 4.69) is 32.3 Å². The summed E-state index contributed by atoms with van der Waals surface area (Å²) < 4.78 is 24.3. The van der Waals surface area contributed by atoms with E-state index in [4.69, 9.17) is 9.47 Å². The number of nitrogens with one attached hydrogen (secondary N) is 2. The Morgan fingerprint density at radius 2 is 1.93 bits per heavy atom. The van der Waals surface area contributed by atoms with Gasteiger partial charge in [-0.1, -0.05) is 0 Å². The number of ether oxygens (including phenoxy) is 2. The van der Waals surface area contributed by atoms with Crippen LogP contribution in [-0.2, 0) is 19.4 Å². The maximum absolute atomic E-state index is 13.4. The molecular formula is C23H27FN4O2. The van der Waals surface area contributed by atoms with Crippen LogP contribution in [0.4, 0.5) is 4.39 Å². The van der Waals surface area contributed by atoms with E-state index < -0.39 is 0 Å². The van der Waals surface area contributed by atoms with Crippen molar-refractivity contribution in [2.45, 2.75) is 19.4 Å². The summed E-state index contributed by atoms with van der Waals surface area (Å²) >= 11 is 0. The molecule has 2 heterocycles. The molecule has 0 radical (unpaired) electrons. The number of aromatic nitrogens is 1. The second-order valence-corrected chi connectivity index (χ2v) is 7.38. The molecule has 2 aromatic carbocycles. The van der Waals surface area contributed by atoms with Crippen molar-refractivity contribution in [2.75, 3.05) is 34.4 Å². The summed E-state index contributed by atoms with van der Waals surface area (Å²) in [4.78, 5) is 9.87. The summed E-state index contributed by atoms with van der Waals surface area (Å²) in [6.45, 7) is 2.39. The van der Waals surface area contributed by atoms with Gasteiger partial charge >= 0.3 is 0 Å². The van der Waals surface area contributed by atoms with E-state index >= 15 is 0 Å². The van der Waals surface area contributed by atoms with Crippen LogP contribution in [0.25, 0.3) is 10.9 Å². The minimum Gasteiger partial charge on any atom is -0.493 e. The van der Waals surface area contributed by atoms with Gasteiger partial charge in [-0.25, -0.2) is 4.39 Å². The van der Waals surface area contributed by atoms with Crippen molar-refractivity contribution >= 4 is 16.9 Å². The zero-order chi connectivity index (χ0) is 21.1. The second-order valence-electron chi connectivity index (χ2n) is 7.38. The Labute approximate surface area is 175 Å². The molecule has 0 atom stereocenters. The number of hydrogen-bond acceptors (Lipinski definition) is 3. The number of hydrogen-bond donors (Lipinski definition) is 2. The monoisotopic (exact) mass is 410 g/mol. The van der Waals surface area contributed by atoms with Crippen LogP contribution in [0.3, 0.4) is 0 Å². The number of halogens is 1. The van der Waals surface area contributed by atoms with Gasteiger partial charge in [0.25, 0.3) is 0 Å². The van der Waals surface area contributed by atoms with Crippen LogP contribution in [0.5, 0.6) is 11.5 Å². The number of aromatic amines is 1. The van der Waals surface area contributed by atoms with Crippen molar-refractivity contribution in [1.82, 2.24) is 15.2 Å². The van der Waals surface area contributed by atoms with Crippen molar-refractivity contribution in [3.63, 3.8) is 0 Å². The van der Waals surface area contributed by atoms with Gasteiger partial charge in [0, 0.05) is 43.8 Å². The molecule has 4 rings (SSSR count). The minimum atomic E-state index is -0.228. The predicted octanol–water partition coefficient (Wildman–Crippen LogP) is 3.50. The standard InChI is InChI=1S/C23H27FN4O2/c1-25-23(26-8-6-16-13-27-20-12-18(24)4-5-19(16)20)28-9-7-15-10-21(29-2)22(30-3)11-17(15)14-28/h4-5,10-13,27H,6-9,14H2,1-3H3,(H,25,26). The lowest BCUT2D eigenvalue weighted by molar-refractivity contribution is 0.346. The third-order valence-corrected chi connectivity index (χ3v) is 5.64. The number of rotatable bonds is 5. The fourth-order valence-electron chi connectivity index (χ4n) is 4.07. The van der Waals surface area contributed by atoms with Crippen molar-refractivity contribution in [1.29, 1.82) is 0 Å². The molecule has 0 unspecified atom stereocenters. The Bertz CT molecular complexity index is 1080. The molecule has 0 spiro atoms. The molecule has 7 heteroatoms. The Hall–Kier alpha value is -3.22. The maximum Gasteiger partial charge on any atom is 0.193 e. The molecule has 1 aliphatic rings. The van der Waals surface area contributed by atoms with Crippen LogP contribution >= 0.6 is 0 Å². The average molecular weight is 410 g/mol. The van der Waals surface area contributed by atoms with Gasteiger partial charge in [0.15, 0.2) is 17.5 Å². The molecule has 158 valence electrons. The molecule has 0 amide bonds. The minimum absolute atomic E-state index is 0.228. The molecule has 1 aromatic heterocycles. The molecular weight excluding hydrogens is 383 g/mol. The van der Waals surface area contributed by atoms with Gasteiger partial charge in [-0.15, -0.1) is 0 Å². The number of benzene rings is 2. The first-order chi connectivity index (χ1) is 14.6. The predicted molar refractivity (Wildman–Crippen MR) is 117 cm³/mol. The summed E-state index contributed by atoms with van der Waals surface area (Å²) in [6, 6.07) is 8.98. The molecule has 2 N–H and O–H groups in total. The van der Waals surface area contributed by atoms with Crippen LogP contribution in [0.1, 0.15) is 16.7 Å². The number of aliphatic imine (C=N–C) groups is 1. The molecule has 0 saturated carbocycles. The van der Waals surface area contributed by atoms with Crippen LogP contribution in [0.15, 0.2) is 41.5 Å². The zero-order valence-electron chi connectivity index (χ0n) is 17.6. The van der Waals surface area contributed by atoms with Gasteiger partial charge in [-0.3, -0.25) is 4.99 Å². The quantitative estimate of drug-likeness (QED) is 0.499. The van der Waals surface area contributed by atoms with Gasteiger partial charge < -0.3 is 24.7 Å². The highest BCUT2D eigenvalue weighted by molar-refractivity contribution is 5.83. The van der Waals surface area contributed by atoms with E-state index in [0.717, 1.165) is 66.4 Å². The topological polar surface area (TPSA) is 61.9 Å². The summed E-state index contributed by atoms with van der Waals surface area (Å²) in [7, 11) is 5.13. The number of H-pyrrole nitrogens is 1. The third kappa shape index (κ3) is 3.92. The molecule has 30 heavy (non-hydrogen) atoms. The average Bonchev–Trinajstić information content (AvgIpc) is 3.17. The summed E-state index contributed by atoms with van der Waals surface area (Å²) in [6.07, 6.45) is 3.69. The number of guanidine groups is 1. The number of nitrogens with zero attached hydrogens (tertiary/aromatic N) is 2. The van der Waals surface area contributed by atoms with Gasteiger partial charge in [-0.2, -0.15) is 0 Å². The van der Waals surface area contributed by atoms with Crippen LogP contribution < -0.4 is 14.8 Å². The highest BCUT2D eigenvalue weighted by Gasteiger charge is 2.21. The maximum atomic E-state index is 13.4. The molecule has 0 bridgehead atoms. The van der Waals surface area contributed by atoms with Crippen molar-refractivity contribution in [3.8, 4) is 11.5 Å². The molecule has 0 aliphatic carbocycles. The first-order valence-electron chi connectivity index (χ1n) is 10.1. The van der Waals surface area contributed by atoms with Crippen LogP contribution in [0, 0.1) is 5.82 Å². The molecule has 0 saturated heterocycles. The highest BCUT2D eigenvalue weighted by atomic mass is 19.1. The van der Waals surface area contributed by atoms with Gasteiger partial charge in [-0.05, 0) is 59.9 Å². The summed E-state index contributed by atoms with van der Waals surface area (Å²) in [5.74, 6) is 2.16. The van der Waals surface area contributed by atoms with E-state index in [9.17, 15) is 4.39 Å². The fourth-order valence-corrected chi connectivity index (χ4v) is 4.07. The van der Waals surface area contributed by atoms with E-state index in [0.29, 0.717) is 0 Å². The first-order valence-corrected chi connectivity index (χ1v) is 10.1. The Morgan fingerprint density at radius 1 is 1.17 bits per heavy atom. The molecule has 1 aliphatic heterocycles. The SMILES string of the molecule is CN=C(NCCc1c[nH]c2cc(F)ccc12)N1CCc2cc(OC)c(OC)cc2C1. The first kappa shape index (κ1) is 20.1. The van der Waals surface area contributed by atoms with Crippen LogP contribution in [0.2, 0.25) is 0 Å². The van der Waals surface area contributed by atoms with Crippen molar-refractivity contribution in [3.05, 3.63) is 59.0 Å². The Balaban J connectivity index is 1.41. The second kappa shape index (κ2) is 8.65. The summed E-state index contributed by atoms with van der Waals surface area (Å²) in [5, 5.41) is 4.52. The van der Waals surface area contributed by atoms with E-state index in [1.165, 1.54) is 23.3 Å². The molecule has 3 aromatic rings. The number of fused-ring (bicyclic) bond motifs is 2. The van der Waals surface area contributed by atoms with Crippen LogP contribution in [-0.4, -0.2) is 50.2 Å². The third-order valence-electron chi connectivity index (χ3n) is 5.64. The zero-order valence-corrected chi connectivity index (χ0v) is 17.6. The largest absolute Gasteiger partial charge is 0.493 e. The Morgan fingerprint density at radius 3 is 2.67 bits per heavy atom. The lowest BCUT2D eigenvalue weighted by Crippen LogP contribution is -2.44. The molecule has 0 fully saturated rings. The number of methoxy groups -OCH3 is 2.